The molecule has 5 atom stereocenters. The Morgan fingerprint density at radius 3 is 2.54 bits per heavy atom. The maximum absolute atomic E-state index is 13.8. The van der Waals surface area contributed by atoms with E-state index in [1.165, 1.54) is 11.3 Å². The third-order valence-corrected chi connectivity index (χ3v) is 8.81. The first-order valence-electron chi connectivity index (χ1n) is 13.2. The molecule has 0 radical (unpaired) electrons. The largest absolute Gasteiger partial charge is 0.395 e. The molecule has 3 heterocycles. The third kappa shape index (κ3) is 3.95. The Hall–Kier alpha value is -2.45. The van der Waals surface area contributed by atoms with E-state index in [0.29, 0.717) is 25.8 Å². The van der Waals surface area contributed by atoms with Crippen molar-refractivity contribution >= 4 is 17.7 Å². The minimum Gasteiger partial charge on any atom is -0.395 e. The normalized spacial score (nSPS) is 34.2. The summed E-state index contributed by atoms with van der Waals surface area (Å²) in [6.07, 6.45) is 7.02. The summed E-state index contributed by atoms with van der Waals surface area (Å²) in [4.78, 5) is 42.6. The number of β-amino-alcohol motifs (C(OH)–C–C–N with tert-alkyl or cyclic N) is 1. The highest BCUT2D eigenvalue weighted by atomic mass is 16.5. The minimum atomic E-state index is -1.03. The zero-order chi connectivity index (χ0) is 24.6. The highest BCUT2D eigenvalue weighted by Gasteiger charge is 2.78. The number of ether oxygens (including phenoxy) is 1. The lowest BCUT2D eigenvalue weighted by atomic mass is 9.65. The Bertz CT molecular complexity index is 965. The van der Waals surface area contributed by atoms with E-state index in [9.17, 15) is 19.5 Å². The molecule has 190 valence electrons. The molecule has 1 aliphatic carbocycles. The van der Waals surface area contributed by atoms with Gasteiger partial charge in [0.25, 0.3) is 0 Å². The lowest BCUT2D eigenvalue weighted by molar-refractivity contribution is -0.148. The van der Waals surface area contributed by atoms with Gasteiger partial charge in [0.15, 0.2) is 0 Å². The molecular weight excluding hydrogens is 446 g/mol. The van der Waals surface area contributed by atoms with E-state index in [1.54, 1.807) is 0 Å². The van der Waals surface area contributed by atoms with Crippen LogP contribution in [0.3, 0.4) is 0 Å². The van der Waals surface area contributed by atoms with Gasteiger partial charge in [-0.15, -0.1) is 0 Å². The fraction of sp³-hybridized carbons (Fsp3) is 0.667. The van der Waals surface area contributed by atoms with E-state index in [0.717, 1.165) is 31.2 Å². The van der Waals surface area contributed by atoms with Crippen LogP contribution in [-0.2, 0) is 25.7 Å². The van der Waals surface area contributed by atoms with Gasteiger partial charge >= 0.3 is 0 Å². The number of benzene rings is 1. The molecule has 3 aliphatic heterocycles. The van der Waals surface area contributed by atoms with E-state index in [4.69, 9.17) is 4.74 Å². The molecule has 2 bridgehead atoms. The van der Waals surface area contributed by atoms with Crippen molar-refractivity contribution in [2.45, 2.75) is 88.1 Å². The van der Waals surface area contributed by atoms with Crippen LogP contribution in [0.4, 0.5) is 0 Å². The zero-order valence-corrected chi connectivity index (χ0v) is 20.5. The van der Waals surface area contributed by atoms with Crippen LogP contribution in [0.25, 0.3) is 0 Å². The highest BCUT2D eigenvalue weighted by Crippen LogP contribution is 2.64. The number of nitrogens with one attached hydrogen (secondary N) is 2. The summed E-state index contributed by atoms with van der Waals surface area (Å²) in [5, 5.41) is 16.0. The summed E-state index contributed by atoms with van der Waals surface area (Å²) in [6, 6.07) is 8.95. The summed E-state index contributed by atoms with van der Waals surface area (Å²) in [5.41, 5.74) is -0.805. The van der Waals surface area contributed by atoms with Crippen molar-refractivity contribution in [1.29, 1.82) is 0 Å². The lowest BCUT2D eigenvalue weighted by Gasteiger charge is -2.35. The topological polar surface area (TPSA) is 108 Å². The molecule has 1 spiro atoms. The number of aliphatic hydroxyl groups is 1. The van der Waals surface area contributed by atoms with Crippen molar-refractivity contribution in [3.05, 3.63) is 35.9 Å². The fourth-order valence-electron chi connectivity index (χ4n) is 7.19. The number of nitrogens with zero attached hydrogens (tertiary/aromatic N) is 1. The van der Waals surface area contributed by atoms with E-state index < -0.39 is 29.1 Å². The molecule has 4 aliphatic rings. The van der Waals surface area contributed by atoms with E-state index in [2.05, 4.69) is 10.6 Å². The van der Waals surface area contributed by atoms with Crippen molar-refractivity contribution in [3.8, 4) is 0 Å². The van der Waals surface area contributed by atoms with Gasteiger partial charge < -0.3 is 25.4 Å². The number of carbonyl (C=O) groups is 3. The molecule has 35 heavy (non-hydrogen) atoms. The van der Waals surface area contributed by atoms with Gasteiger partial charge in [-0.3, -0.25) is 14.4 Å². The van der Waals surface area contributed by atoms with Crippen LogP contribution in [0.2, 0.25) is 0 Å². The van der Waals surface area contributed by atoms with Gasteiger partial charge in [-0.1, -0.05) is 56.5 Å². The van der Waals surface area contributed by atoms with Crippen LogP contribution in [0.1, 0.15) is 63.9 Å². The first-order chi connectivity index (χ1) is 17.0. The monoisotopic (exact) mass is 483 g/mol. The van der Waals surface area contributed by atoms with Gasteiger partial charge in [-0.05, 0) is 37.7 Å². The van der Waals surface area contributed by atoms with E-state index >= 15 is 0 Å². The Balaban J connectivity index is 1.43. The number of likely N-dealkylation sites (tertiary alicyclic amines) is 1. The number of hydrogen-bond acceptors (Lipinski definition) is 5. The maximum Gasteiger partial charge on any atom is 0.246 e. The second-order valence-electron chi connectivity index (χ2n) is 10.6. The summed E-state index contributed by atoms with van der Waals surface area (Å²) in [7, 11) is 0. The first kappa shape index (κ1) is 24.3. The third-order valence-electron chi connectivity index (χ3n) is 8.81. The summed E-state index contributed by atoms with van der Waals surface area (Å²) < 4.78 is 6.71. The summed E-state index contributed by atoms with van der Waals surface area (Å²) >= 11 is 0. The van der Waals surface area contributed by atoms with Gasteiger partial charge in [0.05, 0.1) is 24.0 Å². The fourth-order valence-corrected chi connectivity index (χ4v) is 7.19. The number of hydrogen-bond donors (Lipinski definition) is 3. The molecule has 2 unspecified atom stereocenters. The van der Waals surface area contributed by atoms with Crippen LogP contribution < -0.4 is 10.6 Å². The van der Waals surface area contributed by atoms with Crippen molar-refractivity contribution in [3.63, 3.8) is 0 Å². The molecule has 5 rings (SSSR count). The molecule has 4 fully saturated rings. The molecule has 8 nitrogen and oxygen atoms in total. The number of fused-ring (bicyclic) bond motifs is 1. The van der Waals surface area contributed by atoms with Gasteiger partial charge in [0.2, 0.25) is 17.7 Å². The minimum absolute atomic E-state index is 0.0562. The molecule has 1 saturated carbocycles. The zero-order valence-electron chi connectivity index (χ0n) is 20.5. The predicted octanol–water partition coefficient (Wildman–Crippen LogP) is 1.90. The molecular formula is C27H37N3O5. The van der Waals surface area contributed by atoms with Crippen LogP contribution in [-0.4, -0.2) is 64.2 Å². The SMILES string of the molecule is CC[C@@]12CCC3(O1)C(C(=O)NC1CCCCC1)N(CCO)C(=O)[C@@H]3[C@@H]2C(=O)NCc1ccccc1. The van der Waals surface area contributed by atoms with Gasteiger partial charge in [-0.25, -0.2) is 0 Å². The van der Waals surface area contributed by atoms with Gasteiger partial charge in [-0.2, -0.15) is 0 Å². The molecule has 3 N–H and O–H groups in total. The average molecular weight is 484 g/mol. The standard InChI is InChI=1S/C27H37N3O5/c1-2-26-13-14-27(35-26)21(20(26)23(32)28-17-18-9-5-3-6-10-18)25(34)30(15-16-31)22(27)24(33)29-19-11-7-4-8-12-19/h3,5-6,9-10,19-22,31H,2,4,7-8,11-17H2,1H3,(H,28,32)(H,29,33)/t20-,21+,22?,26+,27?/m1/s1. The van der Waals surface area contributed by atoms with E-state index in [-0.39, 0.29) is 36.9 Å². The maximum atomic E-state index is 13.8. The van der Waals surface area contributed by atoms with Crippen LogP contribution >= 0.6 is 0 Å². The molecule has 8 heteroatoms. The second kappa shape index (κ2) is 9.54. The van der Waals surface area contributed by atoms with Crippen molar-refractivity contribution < 1.29 is 24.2 Å². The van der Waals surface area contributed by atoms with Gasteiger partial charge in [0.1, 0.15) is 11.6 Å². The molecule has 3 amide bonds. The Kier molecular flexibility index (Phi) is 6.61. The number of rotatable bonds is 8. The molecule has 3 saturated heterocycles. The number of amides is 3. The molecule has 1 aromatic rings. The van der Waals surface area contributed by atoms with Crippen molar-refractivity contribution in [1.82, 2.24) is 15.5 Å². The second-order valence-corrected chi connectivity index (χ2v) is 10.6. The van der Waals surface area contributed by atoms with E-state index in [1.807, 2.05) is 37.3 Å². The Morgan fingerprint density at radius 1 is 1.11 bits per heavy atom. The summed E-state index contributed by atoms with van der Waals surface area (Å²) in [6.45, 7) is 2.17. The quantitative estimate of drug-likeness (QED) is 0.524. The Morgan fingerprint density at radius 2 is 1.86 bits per heavy atom. The summed E-state index contributed by atoms with van der Waals surface area (Å²) in [5.74, 6) is -2.05. The lowest BCUT2D eigenvalue weighted by Crippen LogP contribution is -2.57. The average Bonchev–Trinajstić information content (AvgIpc) is 3.48. The smallest absolute Gasteiger partial charge is 0.246 e. The highest BCUT2D eigenvalue weighted by molar-refractivity contribution is 5.99. The van der Waals surface area contributed by atoms with Crippen LogP contribution in [0, 0.1) is 11.8 Å². The predicted molar refractivity (Wildman–Crippen MR) is 129 cm³/mol. The van der Waals surface area contributed by atoms with Gasteiger partial charge in [0, 0.05) is 19.1 Å². The molecule has 0 aromatic heterocycles. The van der Waals surface area contributed by atoms with Crippen LogP contribution in [0.15, 0.2) is 30.3 Å². The Labute approximate surface area is 206 Å². The molecule has 1 aromatic carbocycles. The first-order valence-corrected chi connectivity index (χ1v) is 13.2. The van der Waals surface area contributed by atoms with Crippen LogP contribution in [0.5, 0.6) is 0 Å². The van der Waals surface area contributed by atoms with Crippen molar-refractivity contribution in [2.24, 2.45) is 11.8 Å². The number of aliphatic hydroxyl groups excluding tert-OH is 1. The van der Waals surface area contributed by atoms with Crippen molar-refractivity contribution in [2.75, 3.05) is 13.2 Å². The number of carbonyl (C=O) groups excluding carboxylic acids is 3.